The fraction of sp³-hybridized carbons (Fsp3) is 0.727. The van der Waals surface area contributed by atoms with Crippen LogP contribution in [0.4, 0.5) is 0 Å². The average Bonchev–Trinajstić information content (AvgIpc) is 2.63. The van der Waals surface area contributed by atoms with Gasteiger partial charge >= 0.3 is 0 Å². The Hall–Kier alpha value is -1.06. The normalized spacial score (nSPS) is 23.6. The van der Waals surface area contributed by atoms with E-state index in [1.807, 2.05) is 0 Å². The Bertz CT molecular complexity index is 461. The summed E-state index contributed by atoms with van der Waals surface area (Å²) in [6.07, 6.45) is 9.65. The van der Waals surface area contributed by atoms with Crippen molar-refractivity contribution in [2.24, 2.45) is 0 Å². The first-order valence-corrected chi connectivity index (χ1v) is 10.2. The number of hydrogen-bond acceptors (Lipinski definition) is 3. The molecule has 1 aliphatic heterocycles. The van der Waals surface area contributed by atoms with E-state index in [-0.39, 0.29) is 0 Å². The Morgan fingerprint density at radius 3 is 2.20 bits per heavy atom. The quantitative estimate of drug-likeness (QED) is 0.454. The molecule has 0 atom stereocenters. The van der Waals surface area contributed by atoms with Gasteiger partial charge in [0.1, 0.15) is 5.75 Å². The van der Waals surface area contributed by atoms with Crippen molar-refractivity contribution in [2.75, 3.05) is 19.8 Å². The van der Waals surface area contributed by atoms with Crippen LogP contribution in [0.5, 0.6) is 5.75 Å². The molecule has 0 spiro atoms. The van der Waals surface area contributed by atoms with Gasteiger partial charge in [0, 0.05) is 12.3 Å². The van der Waals surface area contributed by atoms with Crippen molar-refractivity contribution in [2.45, 2.75) is 83.8 Å². The highest BCUT2D eigenvalue weighted by Crippen LogP contribution is 2.32. The summed E-state index contributed by atoms with van der Waals surface area (Å²) in [5, 5.41) is 0. The summed E-state index contributed by atoms with van der Waals surface area (Å²) >= 11 is 0. The van der Waals surface area contributed by atoms with E-state index in [1.54, 1.807) is 0 Å². The Balaban J connectivity index is 1.73. The van der Waals surface area contributed by atoms with Crippen LogP contribution in [-0.2, 0) is 9.47 Å². The molecule has 0 unspecified atom stereocenters. The number of ether oxygens (including phenoxy) is 3. The average molecular weight is 349 g/mol. The highest BCUT2D eigenvalue weighted by molar-refractivity contribution is 5.29. The molecule has 1 aromatic carbocycles. The standard InChI is InChI=1S/C22H36O3/c1-4-6-8-9-10-15-22(3)24-17-20(18-25-22)19-11-13-21(14-12-19)23-16-7-5-2/h11-14,20H,4-10,15-18H2,1-3H3/t20-,22-. The zero-order chi connectivity index (χ0) is 18.0. The van der Waals surface area contributed by atoms with E-state index in [1.165, 1.54) is 37.7 Å². The SMILES string of the molecule is CCCCCCC[C@]1(C)OC[C@@H](c2ccc(OCCCC)cc2)CO1. The number of benzene rings is 1. The van der Waals surface area contributed by atoms with Gasteiger partial charge in [0.2, 0.25) is 0 Å². The van der Waals surface area contributed by atoms with Gasteiger partial charge in [0.05, 0.1) is 19.8 Å². The third kappa shape index (κ3) is 6.99. The van der Waals surface area contributed by atoms with Gasteiger partial charge in [0.15, 0.2) is 5.79 Å². The molecule has 3 heteroatoms. The van der Waals surface area contributed by atoms with Crippen LogP contribution in [0.25, 0.3) is 0 Å². The lowest BCUT2D eigenvalue weighted by Crippen LogP contribution is -2.40. The maximum Gasteiger partial charge on any atom is 0.165 e. The Morgan fingerprint density at radius 2 is 1.56 bits per heavy atom. The summed E-state index contributed by atoms with van der Waals surface area (Å²) in [5.41, 5.74) is 1.27. The molecule has 0 N–H and O–H groups in total. The first kappa shape index (κ1) is 20.3. The molecule has 1 aliphatic rings. The maximum absolute atomic E-state index is 6.10. The van der Waals surface area contributed by atoms with Gasteiger partial charge in [-0.3, -0.25) is 0 Å². The molecular weight excluding hydrogens is 312 g/mol. The molecule has 1 heterocycles. The molecule has 142 valence electrons. The Labute approximate surface area is 154 Å². The number of hydrogen-bond donors (Lipinski definition) is 0. The van der Waals surface area contributed by atoms with Crippen molar-refractivity contribution in [3.8, 4) is 5.75 Å². The smallest absolute Gasteiger partial charge is 0.165 e. The molecule has 0 amide bonds. The highest BCUT2D eigenvalue weighted by atomic mass is 16.7. The monoisotopic (exact) mass is 348 g/mol. The number of unbranched alkanes of at least 4 members (excludes halogenated alkanes) is 5. The van der Waals surface area contributed by atoms with Crippen LogP contribution < -0.4 is 4.74 Å². The van der Waals surface area contributed by atoms with E-state index in [0.29, 0.717) is 5.92 Å². The third-order valence-electron chi connectivity index (χ3n) is 5.03. The minimum Gasteiger partial charge on any atom is -0.494 e. The van der Waals surface area contributed by atoms with Crippen LogP contribution in [0, 0.1) is 0 Å². The van der Waals surface area contributed by atoms with Crippen molar-refractivity contribution in [1.82, 2.24) is 0 Å². The molecule has 3 nitrogen and oxygen atoms in total. The molecule has 1 saturated heterocycles. The van der Waals surface area contributed by atoms with Gasteiger partial charge in [-0.2, -0.15) is 0 Å². The van der Waals surface area contributed by atoms with Gasteiger partial charge in [-0.1, -0.05) is 58.1 Å². The molecule has 0 aliphatic carbocycles. The highest BCUT2D eigenvalue weighted by Gasteiger charge is 2.33. The second-order valence-corrected chi connectivity index (χ2v) is 7.39. The molecule has 1 fully saturated rings. The summed E-state index contributed by atoms with van der Waals surface area (Å²) in [4.78, 5) is 0. The van der Waals surface area contributed by atoms with Gasteiger partial charge < -0.3 is 14.2 Å². The largest absolute Gasteiger partial charge is 0.494 e. The van der Waals surface area contributed by atoms with E-state index in [0.717, 1.165) is 44.8 Å². The van der Waals surface area contributed by atoms with Crippen LogP contribution in [0.2, 0.25) is 0 Å². The predicted octanol–water partition coefficient (Wildman–Crippen LogP) is 6.07. The van der Waals surface area contributed by atoms with E-state index in [4.69, 9.17) is 14.2 Å². The Morgan fingerprint density at radius 1 is 0.920 bits per heavy atom. The molecule has 1 aromatic rings. The van der Waals surface area contributed by atoms with E-state index < -0.39 is 5.79 Å². The van der Waals surface area contributed by atoms with Gasteiger partial charge in [-0.15, -0.1) is 0 Å². The number of rotatable bonds is 11. The van der Waals surface area contributed by atoms with Gasteiger partial charge in [0.25, 0.3) is 0 Å². The second-order valence-electron chi connectivity index (χ2n) is 7.39. The molecule has 25 heavy (non-hydrogen) atoms. The zero-order valence-corrected chi connectivity index (χ0v) is 16.4. The topological polar surface area (TPSA) is 27.7 Å². The van der Waals surface area contributed by atoms with Gasteiger partial charge in [-0.05, 0) is 37.5 Å². The zero-order valence-electron chi connectivity index (χ0n) is 16.4. The first-order chi connectivity index (χ1) is 12.2. The molecule has 0 saturated carbocycles. The molecule has 0 bridgehead atoms. The van der Waals surface area contributed by atoms with Crippen LogP contribution in [0.1, 0.15) is 83.6 Å². The van der Waals surface area contributed by atoms with Crippen LogP contribution in [0.3, 0.4) is 0 Å². The first-order valence-electron chi connectivity index (χ1n) is 10.2. The van der Waals surface area contributed by atoms with Gasteiger partial charge in [-0.25, -0.2) is 0 Å². The predicted molar refractivity (Wildman–Crippen MR) is 103 cm³/mol. The van der Waals surface area contributed by atoms with E-state index >= 15 is 0 Å². The lowest BCUT2D eigenvalue weighted by atomic mass is 9.98. The maximum atomic E-state index is 6.10. The lowest BCUT2D eigenvalue weighted by molar-refractivity contribution is -0.266. The molecule has 2 rings (SSSR count). The fourth-order valence-corrected chi connectivity index (χ4v) is 3.20. The molecule has 0 aromatic heterocycles. The van der Waals surface area contributed by atoms with E-state index in [9.17, 15) is 0 Å². The minimum atomic E-state index is -0.397. The fourth-order valence-electron chi connectivity index (χ4n) is 3.20. The molecular formula is C22H36O3. The van der Waals surface area contributed by atoms with Crippen molar-refractivity contribution < 1.29 is 14.2 Å². The summed E-state index contributed by atoms with van der Waals surface area (Å²) in [7, 11) is 0. The van der Waals surface area contributed by atoms with Crippen molar-refractivity contribution in [3.63, 3.8) is 0 Å². The van der Waals surface area contributed by atoms with E-state index in [2.05, 4.69) is 45.0 Å². The summed E-state index contributed by atoms with van der Waals surface area (Å²) < 4.78 is 17.9. The Kier molecular flexibility index (Phi) is 8.77. The second kappa shape index (κ2) is 10.8. The minimum absolute atomic E-state index is 0.317. The summed E-state index contributed by atoms with van der Waals surface area (Å²) in [5.74, 6) is 0.871. The summed E-state index contributed by atoms with van der Waals surface area (Å²) in [6, 6.07) is 8.41. The van der Waals surface area contributed by atoms with Crippen molar-refractivity contribution in [1.29, 1.82) is 0 Å². The van der Waals surface area contributed by atoms with Crippen molar-refractivity contribution in [3.05, 3.63) is 29.8 Å². The summed E-state index contributed by atoms with van der Waals surface area (Å²) in [6.45, 7) is 8.78. The van der Waals surface area contributed by atoms with Crippen molar-refractivity contribution >= 4 is 0 Å². The van der Waals surface area contributed by atoms with Crippen LogP contribution in [-0.4, -0.2) is 25.6 Å². The molecule has 0 radical (unpaired) electrons. The van der Waals surface area contributed by atoms with Crippen LogP contribution in [0.15, 0.2) is 24.3 Å². The van der Waals surface area contributed by atoms with Crippen LogP contribution >= 0.6 is 0 Å². The third-order valence-corrected chi connectivity index (χ3v) is 5.03. The lowest BCUT2D eigenvalue weighted by Gasteiger charge is -2.38.